The number of aryl methyl sites for hydroxylation is 1. The van der Waals surface area contributed by atoms with Gasteiger partial charge in [0.25, 0.3) is 5.92 Å². The fourth-order valence-electron chi connectivity index (χ4n) is 3.89. The first kappa shape index (κ1) is 26.5. The Kier molecular flexibility index (Phi) is 8.24. The smallest absolute Gasteiger partial charge is 0.266 e. The number of benzene rings is 1. The van der Waals surface area contributed by atoms with Gasteiger partial charge in [0.1, 0.15) is 16.5 Å². The van der Waals surface area contributed by atoms with E-state index in [1.807, 2.05) is 51.1 Å². The number of hydrogen-bond donors (Lipinski definition) is 2. The molecule has 0 saturated carbocycles. The summed E-state index contributed by atoms with van der Waals surface area (Å²) in [6, 6.07) is 14.2. The molecule has 3 aromatic rings. The minimum absolute atomic E-state index is 0.200. The maximum atomic E-state index is 13.9. The molecule has 0 amide bonds. The number of rotatable bonds is 9. The highest BCUT2D eigenvalue weighted by atomic mass is 33.1. The van der Waals surface area contributed by atoms with E-state index < -0.39 is 5.92 Å². The SMILES string of the molecule is CC(C)(C)c1nc(NCc2ccccc2CCSSc2ccccn2)c(N)c(N2CCC(F)(F)C2)n1. The Labute approximate surface area is 219 Å². The summed E-state index contributed by atoms with van der Waals surface area (Å²) in [6.45, 7) is 6.36. The lowest BCUT2D eigenvalue weighted by molar-refractivity contribution is 0.0257. The monoisotopic (exact) mass is 530 g/mol. The number of halogens is 2. The minimum atomic E-state index is -2.74. The first-order valence-electron chi connectivity index (χ1n) is 11.9. The highest BCUT2D eigenvalue weighted by Crippen LogP contribution is 2.37. The highest BCUT2D eigenvalue weighted by molar-refractivity contribution is 8.76. The third kappa shape index (κ3) is 6.79. The molecule has 2 aromatic heterocycles. The molecule has 36 heavy (non-hydrogen) atoms. The summed E-state index contributed by atoms with van der Waals surface area (Å²) in [6.07, 6.45) is 2.51. The molecular weight excluding hydrogens is 498 g/mol. The maximum Gasteiger partial charge on any atom is 0.266 e. The molecule has 1 aliphatic heterocycles. The predicted octanol–water partition coefficient (Wildman–Crippen LogP) is 6.19. The fraction of sp³-hybridized carbons (Fsp3) is 0.423. The lowest BCUT2D eigenvalue weighted by Gasteiger charge is -2.25. The molecule has 1 saturated heterocycles. The first-order valence-corrected chi connectivity index (χ1v) is 14.3. The average molecular weight is 531 g/mol. The van der Waals surface area contributed by atoms with E-state index >= 15 is 0 Å². The van der Waals surface area contributed by atoms with Gasteiger partial charge in [0.2, 0.25) is 0 Å². The van der Waals surface area contributed by atoms with Crippen LogP contribution in [0.4, 0.5) is 26.1 Å². The van der Waals surface area contributed by atoms with Crippen LogP contribution in [0.3, 0.4) is 0 Å². The Bertz CT molecular complexity index is 1170. The van der Waals surface area contributed by atoms with E-state index in [0.29, 0.717) is 29.7 Å². The van der Waals surface area contributed by atoms with Crippen LogP contribution in [0.2, 0.25) is 0 Å². The first-order chi connectivity index (χ1) is 17.1. The second-order valence-corrected chi connectivity index (χ2v) is 12.3. The van der Waals surface area contributed by atoms with Gasteiger partial charge in [-0.15, -0.1) is 0 Å². The zero-order chi connectivity index (χ0) is 25.8. The molecule has 0 aliphatic carbocycles. The van der Waals surface area contributed by atoms with Crippen molar-refractivity contribution in [3.63, 3.8) is 0 Å². The molecule has 0 unspecified atom stereocenters. The van der Waals surface area contributed by atoms with Crippen molar-refractivity contribution < 1.29 is 8.78 Å². The van der Waals surface area contributed by atoms with Gasteiger partial charge in [-0.3, -0.25) is 0 Å². The van der Waals surface area contributed by atoms with Crippen LogP contribution in [0.15, 0.2) is 53.7 Å². The Morgan fingerprint density at radius 2 is 1.83 bits per heavy atom. The van der Waals surface area contributed by atoms with Gasteiger partial charge in [0, 0.05) is 36.9 Å². The van der Waals surface area contributed by atoms with E-state index in [9.17, 15) is 8.78 Å². The number of nitrogens with one attached hydrogen (secondary N) is 1. The second kappa shape index (κ2) is 11.2. The van der Waals surface area contributed by atoms with Crippen LogP contribution in [0.5, 0.6) is 0 Å². The average Bonchev–Trinajstić information content (AvgIpc) is 3.21. The van der Waals surface area contributed by atoms with E-state index in [1.54, 1.807) is 32.7 Å². The van der Waals surface area contributed by atoms with E-state index in [0.717, 1.165) is 22.8 Å². The summed E-state index contributed by atoms with van der Waals surface area (Å²) in [7, 11) is 3.45. The van der Waals surface area contributed by atoms with Crippen molar-refractivity contribution in [2.45, 2.75) is 56.5 Å². The summed E-state index contributed by atoms with van der Waals surface area (Å²) < 4.78 is 27.9. The van der Waals surface area contributed by atoms with Crippen LogP contribution in [-0.2, 0) is 18.4 Å². The third-order valence-corrected chi connectivity index (χ3v) is 8.13. The summed E-state index contributed by atoms with van der Waals surface area (Å²) in [5, 5.41) is 4.37. The lowest BCUT2D eigenvalue weighted by atomic mass is 9.95. The van der Waals surface area contributed by atoms with Gasteiger partial charge in [-0.25, -0.2) is 23.7 Å². The van der Waals surface area contributed by atoms with Crippen molar-refractivity contribution in [1.82, 2.24) is 15.0 Å². The van der Waals surface area contributed by atoms with Gasteiger partial charge < -0.3 is 16.0 Å². The zero-order valence-electron chi connectivity index (χ0n) is 20.8. The maximum absolute atomic E-state index is 13.9. The van der Waals surface area contributed by atoms with Crippen LogP contribution in [0, 0.1) is 0 Å². The summed E-state index contributed by atoms with van der Waals surface area (Å²) in [4.78, 5) is 15.2. The van der Waals surface area contributed by atoms with Gasteiger partial charge in [0.15, 0.2) is 11.6 Å². The highest BCUT2D eigenvalue weighted by Gasteiger charge is 2.40. The van der Waals surface area contributed by atoms with Gasteiger partial charge in [-0.1, -0.05) is 61.9 Å². The van der Waals surface area contributed by atoms with Crippen LogP contribution in [0.25, 0.3) is 0 Å². The number of nitrogens with zero attached hydrogens (tertiary/aromatic N) is 4. The Morgan fingerprint density at radius 3 is 2.50 bits per heavy atom. The normalized spacial score (nSPS) is 15.3. The molecule has 1 aliphatic rings. The lowest BCUT2D eigenvalue weighted by Crippen LogP contribution is -2.28. The summed E-state index contributed by atoms with van der Waals surface area (Å²) in [5.74, 6) is -0.366. The number of alkyl halides is 2. The number of aromatic nitrogens is 3. The Morgan fingerprint density at radius 1 is 1.08 bits per heavy atom. The van der Waals surface area contributed by atoms with Crippen LogP contribution in [-0.4, -0.2) is 39.7 Å². The van der Waals surface area contributed by atoms with Gasteiger partial charge in [-0.2, -0.15) is 0 Å². The molecule has 0 radical (unpaired) electrons. The Hall–Kier alpha value is -2.59. The number of hydrogen-bond acceptors (Lipinski definition) is 8. The van der Waals surface area contributed by atoms with Gasteiger partial charge in [0.05, 0.1) is 6.54 Å². The molecule has 0 spiro atoms. The van der Waals surface area contributed by atoms with E-state index in [-0.39, 0.29) is 24.9 Å². The molecule has 1 aromatic carbocycles. The van der Waals surface area contributed by atoms with Crippen LogP contribution < -0.4 is 16.0 Å². The van der Waals surface area contributed by atoms with E-state index in [2.05, 4.69) is 32.4 Å². The third-order valence-electron chi connectivity index (χ3n) is 5.87. The fourth-order valence-corrected chi connectivity index (χ4v) is 5.79. The molecule has 0 atom stereocenters. The standard InChI is InChI=1S/C26H32F2N6S2/c1-25(2,3)24-32-22(21(29)23(33-24)34-14-12-26(27,28)17-34)31-16-19-9-5-4-8-18(19)11-15-35-36-20-10-6-7-13-30-20/h4-10,13H,11-12,14-17,29H2,1-3H3,(H,31,32,33). The van der Waals surface area contributed by atoms with E-state index in [1.165, 1.54) is 5.56 Å². The second-order valence-electron chi connectivity index (χ2n) is 9.86. The Balaban J connectivity index is 1.47. The van der Waals surface area contributed by atoms with Crippen molar-refractivity contribution in [3.8, 4) is 0 Å². The van der Waals surface area contributed by atoms with Gasteiger partial charge >= 0.3 is 0 Å². The van der Waals surface area contributed by atoms with Crippen molar-refractivity contribution in [2.24, 2.45) is 0 Å². The quantitative estimate of drug-likeness (QED) is 0.250. The van der Waals surface area contributed by atoms with Crippen molar-refractivity contribution in [3.05, 3.63) is 65.6 Å². The summed E-state index contributed by atoms with van der Waals surface area (Å²) >= 11 is 0. The molecule has 3 N–H and O–H groups in total. The summed E-state index contributed by atoms with van der Waals surface area (Å²) in [5.41, 5.74) is 8.76. The van der Waals surface area contributed by atoms with Crippen LogP contribution in [0.1, 0.15) is 44.1 Å². The molecule has 3 heterocycles. The number of nitrogens with two attached hydrogens (primary N) is 1. The number of pyridine rings is 1. The largest absolute Gasteiger partial charge is 0.393 e. The number of anilines is 3. The minimum Gasteiger partial charge on any atom is -0.393 e. The predicted molar refractivity (Wildman–Crippen MR) is 147 cm³/mol. The molecule has 10 heteroatoms. The topological polar surface area (TPSA) is 80.0 Å². The number of nitrogen functional groups attached to an aromatic ring is 1. The molecule has 6 nitrogen and oxygen atoms in total. The molecule has 1 fully saturated rings. The van der Waals surface area contributed by atoms with Crippen molar-refractivity contribution in [1.29, 1.82) is 0 Å². The molecule has 0 bridgehead atoms. The van der Waals surface area contributed by atoms with E-state index in [4.69, 9.17) is 5.73 Å². The van der Waals surface area contributed by atoms with Crippen LogP contribution >= 0.6 is 21.6 Å². The molecule has 192 valence electrons. The van der Waals surface area contributed by atoms with Gasteiger partial charge in [-0.05, 0) is 40.5 Å². The van der Waals surface area contributed by atoms with Crippen molar-refractivity contribution >= 4 is 38.9 Å². The zero-order valence-corrected chi connectivity index (χ0v) is 22.4. The molecular formula is C26H32F2N6S2. The molecule has 4 rings (SSSR count). The van der Waals surface area contributed by atoms with Crippen molar-refractivity contribution in [2.75, 3.05) is 34.8 Å².